The number of alkyl carbamates (subject to hydrolysis) is 1. The van der Waals surface area contributed by atoms with Gasteiger partial charge in [0.1, 0.15) is 6.10 Å². The van der Waals surface area contributed by atoms with E-state index in [1.54, 1.807) is 4.90 Å². The molecule has 1 saturated heterocycles. The Bertz CT molecular complexity index is 530. The Hall–Kier alpha value is -2.24. The van der Waals surface area contributed by atoms with Crippen molar-refractivity contribution < 1.29 is 19.1 Å². The fraction of sp³-hybridized carbons (Fsp3) is 0.429. The van der Waals surface area contributed by atoms with Crippen LogP contribution in [0, 0.1) is 13.8 Å². The number of hydrogen-bond acceptors (Lipinski definition) is 4. The van der Waals surface area contributed by atoms with Gasteiger partial charge >= 0.3 is 12.2 Å². The molecule has 2 amide bonds. The number of benzene rings is 1. The molecule has 0 aliphatic carbocycles. The summed E-state index contributed by atoms with van der Waals surface area (Å²) in [5.74, 6) is 0. The van der Waals surface area contributed by atoms with Crippen LogP contribution < -0.4 is 10.2 Å². The first kappa shape index (κ1) is 14.2. The minimum absolute atomic E-state index is 0.236. The van der Waals surface area contributed by atoms with Gasteiger partial charge in [-0.1, -0.05) is 6.07 Å². The number of hydrogen-bond donors (Lipinski definition) is 1. The molecule has 2 rings (SSSR count). The van der Waals surface area contributed by atoms with Crippen LogP contribution in [0.25, 0.3) is 0 Å². The monoisotopic (exact) mass is 278 g/mol. The van der Waals surface area contributed by atoms with Gasteiger partial charge < -0.3 is 14.8 Å². The normalized spacial score (nSPS) is 17.9. The number of carbonyl (C=O) groups is 2. The summed E-state index contributed by atoms with van der Waals surface area (Å²) in [4.78, 5) is 24.4. The van der Waals surface area contributed by atoms with E-state index in [4.69, 9.17) is 4.74 Å². The lowest BCUT2D eigenvalue weighted by Gasteiger charge is -2.14. The van der Waals surface area contributed by atoms with Crippen molar-refractivity contribution in [2.45, 2.75) is 20.0 Å². The van der Waals surface area contributed by atoms with Crippen LogP contribution >= 0.6 is 0 Å². The molecule has 0 bridgehead atoms. The Balaban J connectivity index is 2.01. The molecule has 1 N–H and O–H groups in total. The van der Waals surface area contributed by atoms with Gasteiger partial charge in [0.15, 0.2) is 0 Å². The van der Waals surface area contributed by atoms with E-state index in [9.17, 15) is 9.59 Å². The molecule has 1 aromatic rings. The van der Waals surface area contributed by atoms with Gasteiger partial charge in [-0.3, -0.25) is 4.90 Å². The summed E-state index contributed by atoms with van der Waals surface area (Å²) in [6, 6.07) is 5.81. The number of methoxy groups -OCH3 is 1. The molecule has 1 aromatic carbocycles. The van der Waals surface area contributed by atoms with Crippen LogP contribution in [0.1, 0.15) is 11.1 Å². The molecule has 1 atom stereocenters. The summed E-state index contributed by atoms with van der Waals surface area (Å²) in [6.07, 6.45) is -1.31. The summed E-state index contributed by atoms with van der Waals surface area (Å²) in [5, 5.41) is 2.52. The number of ether oxygens (including phenoxy) is 2. The average Bonchev–Trinajstić information content (AvgIpc) is 2.80. The van der Waals surface area contributed by atoms with Gasteiger partial charge in [-0.2, -0.15) is 0 Å². The van der Waals surface area contributed by atoms with Gasteiger partial charge in [0.05, 0.1) is 20.2 Å². The number of rotatable bonds is 3. The molecule has 1 unspecified atom stereocenters. The first-order valence-corrected chi connectivity index (χ1v) is 6.38. The molecular weight excluding hydrogens is 260 g/mol. The van der Waals surface area contributed by atoms with Crippen molar-refractivity contribution in [3.63, 3.8) is 0 Å². The number of cyclic esters (lactones) is 1. The van der Waals surface area contributed by atoms with Crippen LogP contribution in [0.4, 0.5) is 15.3 Å². The highest BCUT2D eigenvalue weighted by Gasteiger charge is 2.32. The lowest BCUT2D eigenvalue weighted by molar-refractivity contribution is 0.132. The van der Waals surface area contributed by atoms with Crippen LogP contribution in [0.5, 0.6) is 0 Å². The second-order valence-corrected chi connectivity index (χ2v) is 4.76. The lowest BCUT2D eigenvalue weighted by Crippen LogP contribution is -2.34. The first-order chi connectivity index (χ1) is 9.51. The molecule has 108 valence electrons. The van der Waals surface area contributed by atoms with Gasteiger partial charge in [-0.15, -0.1) is 0 Å². The van der Waals surface area contributed by atoms with Gasteiger partial charge in [-0.05, 0) is 37.1 Å². The number of carbonyl (C=O) groups excluding carboxylic acids is 2. The smallest absolute Gasteiger partial charge is 0.414 e. The third-order valence-electron chi connectivity index (χ3n) is 3.34. The predicted octanol–water partition coefficient (Wildman–Crippen LogP) is 1.98. The molecule has 1 aliphatic rings. The van der Waals surface area contributed by atoms with Crippen molar-refractivity contribution in [1.29, 1.82) is 0 Å². The molecule has 0 saturated carbocycles. The Labute approximate surface area is 117 Å². The molecule has 20 heavy (non-hydrogen) atoms. The maximum absolute atomic E-state index is 11.9. The van der Waals surface area contributed by atoms with Crippen LogP contribution in [0.15, 0.2) is 18.2 Å². The number of anilines is 1. The highest BCUT2D eigenvalue weighted by Crippen LogP contribution is 2.23. The van der Waals surface area contributed by atoms with E-state index in [-0.39, 0.29) is 12.6 Å². The third-order valence-corrected chi connectivity index (χ3v) is 3.34. The van der Waals surface area contributed by atoms with E-state index < -0.39 is 12.2 Å². The standard InChI is InChI=1S/C14H18N2O4/c1-9-4-5-11(6-10(9)2)16-8-12(20-14(16)18)7-15-13(17)19-3/h4-6,12H,7-8H2,1-3H3,(H,15,17). The molecule has 6 nitrogen and oxygen atoms in total. The number of aryl methyl sites for hydroxylation is 2. The van der Waals surface area contributed by atoms with Gasteiger partial charge in [-0.25, -0.2) is 9.59 Å². The van der Waals surface area contributed by atoms with Crippen LogP contribution in [0.3, 0.4) is 0 Å². The second-order valence-electron chi connectivity index (χ2n) is 4.76. The zero-order valence-corrected chi connectivity index (χ0v) is 11.8. The first-order valence-electron chi connectivity index (χ1n) is 6.38. The quantitative estimate of drug-likeness (QED) is 0.918. The van der Waals surface area contributed by atoms with Crippen molar-refractivity contribution in [3.8, 4) is 0 Å². The summed E-state index contributed by atoms with van der Waals surface area (Å²) >= 11 is 0. The second kappa shape index (κ2) is 5.81. The molecule has 0 aromatic heterocycles. The highest BCUT2D eigenvalue weighted by molar-refractivity contribution is 5.90. The molecule has 1 fully saturated rings. The molecule has 1 heterocycles. The van der Waals surface area contributed by atoms with Crippen LogP contribution in [0.2, 0.25) is 0 Å². The summed E-state index contributed by atoms with van der Waals surface area (Å²) in [7, 11) is 1.29. The van der Waals surface area contributed by atoms with E-state index in [1.807, 2.05) is 32.0 Å². The number of nitrogens with zero attached hydrogens (tertiary/aromatic N) is 1. The van der Waals surface area contributed by atoms with Crippen molar-refractivity contribution in [3.05, 3.63) is 29.3 Å². The number of amides is 2. The maximum Gasteiger partial charge on any atom is 0.414 e. The van der Waals surface area contributed by atoms with Crippen LogP contribution in [-0.4, -0.2) is 38.5 Å². The van der Waals surface area contributed by atoms with Crippen molar-refractivity contribution in [1.82, 2.24) is 5.32 Å². The van der Waals surface area contributed by atoms with Gasteiger partial charge in [0, 0.05) is 5.69 Å². The zero-order chi connectivity index (χ0) is 14.7. The van der Waals surface area contributed by atoms with Gasteiger partial charge in [0.25, 0.3) is 0 Å². The lowest BCUT2D eigenvalue weighted by atomic mass is 10.1. The zero-order valence-electron chi connectivity index (χ0n) is 11.8. The minimum Gasteiger partial charge on any atom is -0.453 e. The highest BCUT2D eigenvalue weighted by atomic mass is 16.6. The Morgan fingerprint density at radius 2 is 2.20 bits per heavy atom. The molecule has 6 heteroatoms. The van der Waals surface area contributed by atoms with E-state index in [2.05, 4.69) is 10.1 Å². The summed E-state index contributed by atoms with van der Waals surface area (Å²) in [6.45, 7) is 4.66. The largest absolute Gasteiger partial charge is 0.453 e. The molecule has 0 radical (unpaired) electrons. The summed E-state index contributed by atoms with van der Waals surface area (Å²) < 4.78 is 9.68. The Morgan fingerprint density at radius 1 is 1.45 bits per heavy atom. The third kappa shape index (κ3) is 3.01. The predicted molar refractivity (Wildman–Crippen MR) is 73.9 cm³/mol. The Morgan fingerprint density at radius 3 is 2.85 bits per heavy atom. The fourth-order valence-corrected chi connectivity index (χ4v) is 2.00. The van der Waals surface area contributed by atoms with Crippen molar-refractivity contribution >= 4 is 17.9 Å². The molecular formula is C14H18N2O4. The molecule has 0 spiro atoms. The number of nitrogens with one attached hydrogen (secondary N) is 1. The minimum atomic E-state index is -0.536. The van der Waals surface area contributed by atoms with E-state index >= 15 is 0 Å². The fourth-order valence-electron chi connectivity index (χ4n) is 2.00. The van der Waals surface area contributed by atoms with Crippen molar-refractivity contribution in [2.75, 3.05) is 25.1 Å². The van der Waals surface area contributed by atoms with E-state index in [1.165, 1.54) is 12.7 Å². The SMILES string of the molecule is COC(=O)NCC1CN(c2ccc(C)c(C)c2)C(=O)O1. The molecule has 1 aliphatic heterocycles. The van der Waals surface area contributed by atoms with E-state index in [0.717, 1.165) is 11.3 Å². The topological polar surface area (TPSA) is 67.9 Å². The van der Waals surface area contributed by atoms with Crippen LogP contribution in [-0.2, 0) is 9.47 Å². The average molecular weight is 278 g/mol. The van der Waals surface area contributed by atoms with Crippen molar-refractivity contribution in [2.24, 2.45) is 0 Å². The van der Waals surface area contributed by atoms with E-state index in [0.29, 0.717) is 6.54 Å². The maximum atomic E-state index is 11.9. The Kier molecular flexibility index (Phi) is 4.12. The summed E-state index contributed by atoms with van der Waals surface area (Å²) in [5.41, 5.74) is 3.09. The van der Waals surface area contributed by atoms with Gasteiger partial charge in [0.2, 0.25) is 0 Å².